The fraction of sp³-hybridized carbons (Fsp3) is 0.562. The molecule has 0 unspecified atom stereocenters. The number of nitrogens with zero attached hydrogens (tertiary/aromatic N) is 1. The summed E-state index contributed by atoms with van der Waals surface area (Å²) in [6.45, 7) is 5.69. The van der Waals surface area contributed by atoms with Crippen molar-refractivity contribution in [2.45, 2.75) is 39.3 Å². The molecule has 1 saturated carbocycles. The second-order valence-electron chi connectivity index (χ2n) is 5.24. The van der Waals surface area contributed by atoms with Gasteiger partial charge >= 0.3 is 0 Å². The van der Waals surface area contributed by atoms with Gasteiger partial charge in [-0.15, -0.1) is 0 Å². The molecule has 0 heterocycles. The lowest BCUT2D eigenvalue weighted by molar-refractivity contribution is 0.101. The van der Waals surface area contributed by atoms with Crippen LogP contribution in [0.5, 0.6) is 5.75 Å². The van der Waals surface area contributed by atoms with Crippen molar-refractivity contribution in [2.75, 3.05) is 19.8 Å². The van der Waals surface area contributed by atoms with E-state index >= 15 is 0 Å². The van der Waals surface area contributed by atoms with Crippen LogP contribution in [0.15, 0.2) is 18.2 Å². The smallest absolute Gasteiger partial charge is 0.159 e. The first kappa shape index (κ1) is 15.0. The normalized spacial score (nSPS) is 14.6. The van der Waals surface area contributed by atoms with Gasteiger partial charge in [0.2, 0.25) is 0 Å². The van der Waals surface area contributed by atoms with E-state index in [2.05, 4.69) is 4.90 Å². The maximum Gasteiger partial charge on any atom is 0.159 e. The molecule has 20 heavy (non-hydrogen) atoms. The van der Waals surface area contributed by atoms with Gasteiger partial charge in [0.05, 0.1) is 13.2 Å². The maximum absolute atomic E-state index is 11.5. The first-order chi connectivity index (χ1) is 9.65. The molecule has 1 fully saturated rings. The van der Waals surface area contributed by atoms with Crippen molar-refractivity contribution >= 4 is 5.78 Å². The lowest BCUT2D eigenvalue weighted by Gasteiger charge is -2.22. The van der Waals surface area contributed by atoms with Gasteiger partial charge in [0.25, 0.3) is 0 Å². The van der Waals surface area contributed by atoms with Gasteiger partial charge in [0, 0.05) is 30.3 Å². The molecule has 0 aliphatic heterocycles. The first-order valence-electron chi connectivity index (χ1n) is 7.27. The van der Waals surface area contributed by atoms with Gasteiger partial charge in [-0.05, 0) is 44.9 Å². The Morgan fingerprint density at radius 1 is 1.45 bits per heavy atom. The number of aliphatic hydroxyl groups excluding tert-OH is 1. The summed E-state index contributed by atoms with van der Waals surface area (Å²) in [7, 11) is 0. The van der Waals surface area contributed by atoms with Crippen molar-refractivity contribution < 1.29 is 14.6 Å². The zero-order valence-electron chi connectivity index (χ0n) is 12.3. The summed E-state index contributed by atoms with van der Waals surface area (Å²) < 4.78 is 5.65. The SMILES string of the molecule is CCOc1ccc(C(C)=O)cc1CN(CCO)C1CC1. The van der Waals surface area contributed by atoms with Crippen molar-refractivity contribution in [3.05, 3.63) is 29.3 Å². The summed E-state index contributed by atoms with van der Waals surface area (Å²) in [5.41, 5.74) is 1.74. The van der Waals surface area contributed by atoms with Gasteiger partial charge in [-0.25, -0.2) is 0 Å². The van der Waals surface area contributed by atoms with Crippen LogP contribution in [0.4, 0.5) is 0 Å². The number of aliphatic hydroxyl groups is 1. The number of carbonyl (C=O) groups is 1. The third-order valence-electron chi connectivity index (χ3n) is 3.59. The Labute approximate surface area is 120 Å². The standard InChI is InChI=1S/C16H23NO3/c1-3-20-16-7-4-13(12(2)19)10-14(16)11-17(8-9-18)15-5-6-15/h4,7,10,15,18H,3,5-6,8-9,11H2,1-2H3. The van der Waals surface area contributed by atoms with Crippen LogP contribution in [0, 0.1) is 0 Å². The highest BCUT2D eigenvalue weighted by Gasteiger charge is 2.29. The quantitative estimate of drug-likeness (QED) is 0.740. The molecule has 0 spiro atoms. The van der Waals surface area contributed by atoms with E-state index in [0.717, 1.165) is 17.9 Å². The fourth-order valence-corrected chi connectivity index (χ4v) is 2.40. The van der Waals surface area contributed by atoms with Crippen LogP contribution in [-0.4, -0.2) is 41.6 Å². The molecule has 4 nitrogen and oxygen atoms in total. The van der Waals surface area contributed by atoms with Crippen LogP contribution in [0.25, 0.3) is 0 Å². The highest BCUT2D eigenvalue weighted by atomic mass is 16.5. The van der Waals surface area contributed by atoms with Crippen molar-refractivity contribution in [3.63, 3.8) is 0 Å². The monoisotopic (exact) mass is 277 g/mol. The number of hydrogen-bond donors (Lipinski definition) is 1. The van der Waals surface area contributed by atoms with Crippen LogP contribution < -0.4 is 4.74 Å². The lowest BCUT2D eigenvalue weighted by Crippen LogP contribution is -2.29. The summed E-state index contributed by atoms with van der Waals surface area (Å²) in [6.07, 6.45) is 2.38. The number of carbonyl (C=O) groups excluding carboxylic acids is 1. The topological polar surface area (TPSA) is 49.8 Å². The lowest BCUT2D eigenvalue weighted by atomic mass is 10.1. The molecule has 0 amide bonds. The Balaban J connectivity index is 2.21. The van der Waals surface area contributed by atoms with E-state index in [1.165, 1.54) is 12.8 Å². The maximum atomic E-state index is 11.5. The second kappa shape index (κ2) is 6.86. The van der Waals surface area contributed by atoms with Crippen LogP contribution in [-0.2, 0) is 6.54 Å². The van der Waals surface area contributed by atoms with E-state index in [0.29, 0.717) is 24.8 Å². The summed E-state index contributed by atoms with van der Waals surface area (Å²) in [4.78, 5) is 13.8. The van der Waals surface area contributed by atoms with Crippen LogP contribution in [0.2, 0.25) is 0 Å². The molecule has 1 aromatic carbocycles. The number of ether oxygens (including phenoxy) is 1. The summed E-state index contributed by atoms with van der Waals surface area (Å²) in [5, 5.41) is 9.18. The summed E-state index contributed by atoms with van der Waals surface area (Å²) in [6, 6.07) is 6.17. The minimum Gasteiger partial charge on any atom is -0.494 e. The van der Waals surface area contributed by atoms with Crippen molar-refractivity contribution in [1.82, 2.24) is 4.90 Å². The van der Waals surface area contributed by atoms with Crippen molar-refractivity contribution in [1.29, 1.82) is 0 Å². The second-order valence-corrected chi connectivity index (χ2v) is 5.24. The van der Waals surface area contributed by atoms with Crippen LogP contribution in [0.3, 0.4) is 0 Å². The first-order valence-corrected chi connectivity index (χ1v) is 7.27. The number of Topliss-reactive ketones (excluding diaryl/α,β-unsaturated/α-hetero) is 1. The molecule has 0 aromatic heterocycles. The predicted octanol–water partition coefficient (Wildman–Crippen LogP) is 2.24. The Morgan fingerprint density at radius 2 is 2.20 bits per heavy atom. The van der Waals surface area contributed by atoms with Crippen LogP contribution in [0.1, 0.15) is 42.6 Å². The van der Waals surface area contributed by atoms with Gasteiger partial charge in [-0.3, -0.25) is 9.69 Å². The van der Waals surface area contributed by atoms with E-state index in [-0.39, 0.29) is 12.4 Å². The Bertz CT molecular complexity index is 469. The number of benzene rings is 1. The van der Waals surface area contributed by atoms with E-state index in [1.54, 1.807) is 6.92 Å². The fourth-order valence-electron chi connectivity index (χ4n) is 2.40. The minimum absolute atomic E-state index is 0.0643. The molecule has 0 radical (unpaired) electrons. The van der Waals surface area contributed by atoms with Gasteiger partial charge in [0.15, 0.2) is 5.78 Å². The number of ketones is 1. The molecule has 1 aliphatic carbocycles. The molecule has 1 N–H and O–H groups in total. The average molecular weight is 277 g/mol. The van der Waals surface area contributed by atoms with Gasteiger partial charge in [-0.2, -0.15) is 0 Å². The molecule has 4 heteroatoms. The molecule has 110 valence electrons. The zero-order valence-corrected chi connectivity index (χ0v) is 12.3. The molecule has 0 bridgehead atoms. The van der Waals surface area contributed by atoms with Gasteiger partial charge < -0.3 is 9.84 Å². The largest absolute Gasteiger partial charge is 0.494 e. The van der Waals surface area contributed by atoms with E-state index in [4.69, 9.17) is 4.74 Å². The molecule has 0 atom stereocenters. The average Bonchev–Trinajstić information content (AvgIpc) is 3.24. The Kier molecular flexibility index (Phi) is 5.15. The van der Waals surface area contributed by atoms with E-state index in [1.807, 2.05) is 25.1 Å². The van der Waals surface area contributed by atoms with Gasteiger partial charge in [-0.1, -0.05) is 0 Å². The third kappa shape index (κ3) is 3.81. The molecule has 1 aromatic rings. The van der Waals surface area contributed by atoms with E-state index in [9.17, 15) is 9.90 Å². The van der Waals surface area contributed by atoms with E-state index < -0.39 is 0 Å². The number of rotatable bonds is 8. The van der Waals surface area contributed by atoms with Gasteiger partial charge in [0.1, 0.15) is 5.75 Å². The summed E-state index contributed by atoms with van der Waals surface area (Å²) >= 11 is 0. The van der Waals surface area contributed by atoms with Crippen LogP contribution >= 0.6 is 0 Å². The minimum atomic E-state index is 0.0643. The molecule has 2 rings (SSSR count). The molecular weight excluding hydrogens is 254 g/mol. The molecule has 1 aliphatic rings. The zero-order chi connectivity index (χ0) is 14.5. The third-order valence-corrected chi connectivity index (χ3v) is 3.59. The molecule has 0 saturated heterocycles. The highest BCUT2D eigenvalue weighted by molar-refractivity contribution is 5.94. The Hall–Kier alpha value is -1.39. The highest BCUT2D eigenvalue weighted by Crippen LogP contribution is 2.30. The predicted molar refractivity (Wildman–Crippen MR) is 78.1 cm³/mol. The summed E-state index contributed by atoms with van der Waals surface area (Å²) in [5.74, 6) is 0.899. The number of hydrogen-bond acceptors (Lipinski definition) is 4. The van der Waals surface area contributed by atoms with Crippen molar-refractivity contribution in [3.8, 4) is 5.75 Å². The van der Waals surface area contributed by atoms with Crippen molar-refractivity contribution in [2.24, 2.45) is 0 Å². The molecular formula is C16H23NO3. The Morgan fingerprint density at radius 3 is 2.75 bits per heavy atom.